The van der Waals surface area contributed by atoms with Gasteiger partial charge in [-0.1, -0.05) is 13.8 Å². The number of nitrogens with zero attached hydrogens (tertiary/aromatic N) is 2. The molecular formula is C10H18N4. The number of nitrogen functional groups attached to an aromatic ring is 1. The van der Waals surface area contributed by atoms with Crippen LogP contribution in [-0.2, 0) is 0 Å². The lowest BCUT2D eigenvalue weighted by Gasteiger charge is -2.16. The highest BCUT2D eigenvalue weighted by Crippen LogP contribution is 2.16. The molecule has 0 radical (unpaired) electrons. The van der Waals surface area contributed by atoms with Crippen LogP contribution >= 0.6 is 0 Å². The summed E-state index contributed by atoms with van der Waals surface area (Å²) in [4.78, 5) is 8.21. The average Bonchev–Trinajstić information content (AvgIpc) is 2.17. The topological polar surface area (TPSA) is 63.8 Å². The molecule has 0 bridgehead atoms. The summed E-state index contributed by atoms with van der Waals surface area (Å²) in [6.07, 6.45) is 3.89. The molecule has 0 aliphatic carbocycles. The van der Waals surface area contributed by atoms with E-state index in [0.717, 1.165) is 18.5 Å². The van der Waals surface area contributed by atoms with Crippen molar-refractivity contribution in [2.45, 2.75) is 39.7 Å². The van der Waals surface area contributed by atoms with E-state index in [1.165, 1.54) is 0 Å². The van der Waals surface area contributed by atoms with Crippen molar-refractivity contribution >= 4 is 11.5 Å². The minimum Gasteiger partial charge on any atom is -0.382 e. The molecule has 0 aliphatic rings. The maximum atomic E-state index is 5.77. The van der Waals surface area contributed by atoms with E-state index in [4.69, 9.17) is 5.73 Å². The van der Waals surface area contributed by atoms with Crippen molar-refractivity contribution in [3.05, 3.63) is 12.0 Å². The molecule has 0 amide bonds. The second kappa shape index (κ2) is 4.79. The van der Waals surface area contributed by atoms with E-state index >= 15 is 0 Å². The van der Waals surface area contributed by atoms with E-state index in [1.54, 1.807) is 6.20 Å². The minimum atomic E-state index is 0.448. The van der Waals surface area contributed by atoms with E-state index in [-0.39, 0.29) is 0 Å². The van der Waals surface area contributed by atoms with Gasteiger partial charge in [-0.2, -0.15) is 0 Å². The summed E-state index contributed by atoms with van der Waals surface area (Å²) >= 11 is 0. The molecule has 78 valence electrons. The normalized spacial score (nSPS) is 10.6. The molecule has 0 spiro atoms. The standard InChI is InChI=1S/C10H18N4/c1-4-8(5-2)14-9-6-12-7(3)13-10(9)11/h6,8,14H,4-5H2,1-3H3,(H2,11,12,13). The van der Waals surface area contributed by atoms with Gasteiger partial charge in [-0.25, -0.2) is 9.97 Å². The molecule has 0 saturated heterocycles. The van der Waals surface area contributed by atoms with Gasteiger partial charge in [-0.05, 0) is 19.8 Å². The van der Waals surface area contributed by atoms with Crippen molar-refractivity contribution in [2.75, 3.05) is 11.1 Å². The van der Waals surface area contributed by atoms with Crippen molar-refractivity contribution in [2.24, 2.45) is 0 Å². The Hall–Kier alpha value is -1.32. The first-order valence-electron chi connectivity index (χ1n) is 5.03. The van der Waals surface area contributed by atoms with Gasteiger partial charge in [-0.3, -0.25) is 0 Å². The summed E-state index contributed by atoms with van der Waals surface area (Å²) in [5, 5.41) is 3.32. The molecule has 14 heavy (non-hydrogen) atoms. The molecule has 3 N–H and O–H groups in total. The zero-order valence-corrected chi connectivity index (χ0v) is 9.04. The summed E-state index contributed by atoms with van der Waals surface area (Å²) in [6, 6.07) is 0.448. The van der Waals surface area contributed by atoms with Crippen LogP contribution in [0, 0.1) is 6.92 Å². The molecule has 0 atom stereocenters. The van der Waals surface area contributed by atoms with E-state index < -0.39 is 0 Å². The number of anilines is 2. The number of hydrogen-bond donors (Lipinski definition) is 2. The lowest BCUT2D eigenvalue weighted by molar-refractivity contribution is 0.671. The van der Waals surface area contributed by atoms with Gasteiger partial charge in [0.25, 0.3) is 0 Å². The van der Waals surface area contributed by atoms with E-state index in [0.29, 0.717) is 17.7 Å². The third-order valence-electron chi connectivity index (χ3n) is 2.28. The van der Waals surface area contributed by atoms with Crippen molar-refractivity contribution in [1.29, 1.82) is 0 Å². The van der Waals surface area contributed by atoms with Gasteiger partial charge in [-0.15, -0.1) is 0 Å². The Morgan fingerprint density at radius 2 is 2.07 bits per heavy atom. The highest BCUT2D eigenvalue weighted by molar-refractivity contribution is 5.60. The summed E-state index contributed by atoms with van der Waals surface area (Å²) < 4.78 is 0. The fourth-order valence-corrected chi connectivity index (χ4v) is 1.31. The molecule has 4 nitrogen and oxygen atoms in total. The van der Waals surface area contributed by atoms with Gasteiger partial charge >= 0.3 is 0 Å². The Morgan fingerprint density at radius 1 is 1.43 bits per heavy atom. The van der Waals surface area contributed by atoms with Crippen molar-refractivity contribution in [3.8, 4) is 0 Å². The van der Waals surface area contributed by atoms with Crippen molar-refractivity contribution in [1.82, 2.24) is 9.97 Å². The number of aryl methyl sites for hydroxylation is 1. The van der Waals surface area contributed by atoms with Gasteiger partial charge in [0, 0.05) is 6.04 Å². The molecule has 0 unspecified atom stereocenters. The number of aromatic nitrogens is 2. The predicted molar refractivity (Wildman–Crippen MR) is 59.2 cm³/mol. The monoisotopic (exact) mass is 194 g/mol. The van der Waals surface area contributed by atoms with Gasteiger partial charge in [0.15, 0.2) is 5.82 Å². The number of nitrogens with two attached hydrogens (primary N) is 1. The molecule has 0 fully saturated rings. The first-order chi connectivity index (χ1) is 6.67. The Labute approximate surface area is 85.0 Å². The Bertz CT molecular complexity index is 294. The first kappa shape index (κ1) is 10.8. The van der Waals surface area contributed by atoms with Crippen LogP contribution in [0.3, 0.4) is 0 Å². The molecule has 1 aromatic rings. The van der Waals surface area contributed by atoms with Gasteiger partial charge in [0.2, 0.25) is 0 Å². The van der Waals surface area contributed by atoms with Gasteiger partial charge < -0.3 is 11.1 Å². The summed E-state index contributed by atoms with van der Waals surface area (Å²) in [5.41, 5.74) is 6.60. The summed E-state index contributed by atoms with van der Waals surface area (Å²) in [6.45, 7) is 6.12. The van der Waals surface area contributed by atoms with Crippen LogP contribution in [0.2, 0.25) is 0 Å². The Kier molecular flexibility index (Phi) is 3.68. The van der Waals surface area contributed by atoms with Crippen LogP contribution in [0.4, 0.5) is 11.5 Å². The van der Waals surface area contributed by atoms with E-state index in [1.807, 2.05) is 6.92 Å². The van der Waals surface area contributed by atoms with Gasteiger partial charge in [0.05, 0.1) is 11.9 Å². The highest BCUT2D eigenvalue weighted by atomic mass is 15.0. The zero-order valence-electron chi connectivity index (χ0n) is 9.04. The van der Waals surface area contributed by atoms with Crippen LogP contribution in [0.1, 0.15) is 32.5 Å². The van der Waals surface area contributed by atoms with Crippen LogP contribution in [0.15, 0.2) is 6.20 Å². The number of hydrogen-bond acceptors (Lipinski definition) is 4. The number of rotatable bonds is 4. The number of nitrogens with one attached hydrogen (secondary N) is 1. The van der Waals surface area contributed by atoms with Crippen LogP contribution in [0.25, 0.3) is 0 Å². The van der Waals surface area contributed by atoms with Crippen LogP contribution < -0.4 is 11.1 Å². The summed E-state index contributed by atoms with van der Waals surface area (Å²) in [5.74, 6) is 1.24. The van der Waals surface area contributed by atoms with Gasteiger partial charge in [0.1, 0.15) is 5.82 Å². The average molecular weight is 194 g/mol. The molecule has 0 saturated carbocycles. The maximum absolute atomic E-state index is 5.77. The molecule has 1 rings (SSSR count). The van der Waals surface area contributed by atoms with Crippen LogP contribution in [-0.4, -0.2) is 16.0 Å². The third kappa shape index (κ3) is 2.58. The minimum absolute atomic E-state index is 0.448. The Morgan fingerprint density at radius 3 is 2.57 bits per heavy atom. The van der Waals surface area contributed by atoms with Crippen LogP contribution in [0.5, 0.6) is 0 Å². The van der Waals surface area contributed by atoms with Crippen molar-refractivity contribution < 1.29 is 0 Å². The maximum Gasteiger partial charge on any atom is 0.150 e. The van der Waals surface area contributed by atoms with E-state index in [9.17, 15) is 0 Å². The second-order valence-electron chi connectivity index (χ2n) is 3.37. The Balaban J connectivity index is 2.76. The fraction of sp³-hybridized carbons (Fsp3) is 0.600. The van der Waals surface area contributed by atoms with E-state index in [2.05, 4.69) is 29.1 Å². The molecule has 4 heteroatoms. The molecule has 1 heterocycles. The first-order valence-corrected chi connectivity index (χ1v) is 5.03. The molecule has 0 aliphatic heterocycles. The summed E-state index contributed by atoms with van der Waals surface area (Å²) in [7, 11) is 0. The SMILES string of the molecule is CCC(CC)Nc1cnc(C)nc1N. The second-order valence-corrected chi connectivity index (χ2v) is 3.37. The quantitative estimate of drug-likeness (QED) is 0.769. The third-order valence-corrected chi connectivity index (χ3v) is 2.28. The zero-order chi connectivity index (χ0) is 10.6. The largest absolute Gasteiger partial charge is 0.382 e. The fourth-order valence-electron chi connectivity index (χ4n) is 1.31. The highest BCUT2D eigenvalue weighted by Gasteiger charge is 2.06. The lowest BCUT2D eigenvalue weighted by Crippen LogP contribution is -2.18. The predicted octanol–water partition coefficient (Wildman–Crippen LogP) is 1.97. The molecular weight excluding hydrogens is 176 g/mol. The van der Waals surface area contributed by atoms with Crippen molar-refractivity contribution in [3.63, 3.8) is 0 Å². The molecule has 1 aromatic heterocycles. The molecule has 0 aromatic carbocycles. The smallest absolute Gasteiger partial charge is 0.150 e. The lowest BCUT2D eigenvalue weighted by atomic mass is 10.1.